The van der Waals surface area contributed by atoms with Crippen LogP contribution < -0.4 is 14.8 Å². The summed E-state index contributed by atoms with van der Waals surface area (Å²) < 4.78 is 49.2. The minimum atomic E-state index is -4.16. The van der Waals surface area contributed by atoms with E-state index in [4.69, 9.17) is 9.84 Å². The van der Waals surface area contributed by atoms with Gasteiger partial charge < -0.3 is 24.6 Å². The molecule has 2 amide bonds. The number of carbonyl (C=O) groups excluding carboxylic acids is 2. The highest BCUT2D eigenvalue weighted by Gasteiger charge is 2.43. The number of sulfonamides is 1. The molecule has 2 aromatic rings. The number of fused-ring (bicyclic) bond motifs is 2. The molecule has 3 heterocycles. The number of carbonyl (C=O) groups is 3. The molecular weight excluding hydrogens is 459 g/mol. The molecule has 176 valence electrons. The Morgan fingerprint density at radius 2 is 2.00 bits per heavy atom. The molecule has 2 aliphatic heterocycles. The zero-order chi connectivity index (χ0) is 24.1. The van der Waals surface area contributed by atoms with Crippen LogP contribution in [0.1, 0.15) is 16.1 Å². The number of likely N-dealkylation sites (tertiary alicyclic amines) is 1. The van der Waals surface area contributed by atoms with E-state index in [1.165, 1.54) is 36.0 Å². The lowest BCUT2D eigenvalue weighted by Gasteiger charge is -2.23. The van der Waals surface area contributed by atoms with Crippen LogP contribution in [0.4, 0.5) is 10.1 Å². The first-order chi connectivity index (χ1) is 15.5. The van der Waals surface area contributed by atoms with Crippen LogP contribution in [0, 0.1) is 18.7 Å². The van der Waals surface area contributed by atoms with Gasteiger partial charge in [0.15, 0.2) is 11.4 Å². The zero-order valence-corrected chi connectivity index (χ0v) is 18.5. The first-order valence-electron chi connectivity index (χ1n) is 9.92. The maximum Gasteiger partial charge on any atom is 0.394 e. The van der Waals surface area contributed by atoms with Gasteiger partial charge in [-0.25, -0.2) is 22.3 Å². The van der Waals surface area contributed by atoms with Gasteiger partial charge in [0, 0.05) is 44.0 Å². The fourth-order valence-corrected chi connectivity index (χ4v) is 5.50. The van der Waals surface area contributed by atoms with Crippen molar-refractivity contribution < 1.29 is 37.0 Å². The van der Waals surface area contributed by atoms with Gasteiger partial charge in [0.1, 0.15) is 10.7 Å². The summed E-state index contributed by atoms with van der Waals surface area (Å²) >= 11 is 0. The molecule has 0 aliphatic carbocycles. The normalized spacial score (nSPS) is 21.2. The second-order valence-corrected chi connectivity index (χ2v) is 9.70. The smallest absolute Gasteiger partial charge is 0.394 e. The molecule has 1 aromatic heterocycles. The highest BCUT2D eigenvalue weighted by Crippen LogP contribution is 2.34. The number of halogens is 1. The third kappa shape index (κ3) is 4.16. The molecule has 1 fully saturated rings. The maximum absolute atomic E-state index is 13.5. The van der Waals surface area contributed by atoms with E-state index in [1.54, 1.807) is 6.92 Å². The molecular formula is C20H21FN4O7S. The van der Waals surface area contributed by atoms with Crippen molar-refractivity contribution in [1.82, 2.24) is 14.2 Å². The van der Waals surface area contributed by atoms with Crippen molar-refractivity contribution in [2.24, 2.45) is 13.0 Å². The summed E-state index contributed by atoms with van der Waals surface area (Å²) in [5.41, 5.74) is 0.581. The monoisotopic (exact) mass is 480 g/mol. The minimum absolute atomic E-state index is 0.0170. The molecule has 2 atom stereocenters. The Balaban J connectivity index is 1.64. The SMILES string of the molecule is Cc1cc(NC(=O)c2c3c(cn2C)S(=O)(=O)NC2CN(C(=O)C(=O)O)CC2CO3)ccc1F. The third-order valence-corrected chi connectivity index (χ3v) is 7.17. The van der Waals surface area contributed by atoms with E-state index in [0.717, 1.165) is 4.90 Å². The standard InChI is InChI=1S/C20H21FN4O7S/c1-10-5-12(3-4-13(10)21)22-18(26)16-17-15(8-24(16)2)33(30,31)23-14-7-25(19(27)20(28)29)6-11(14)9-32-17/h3-5,8,11,14,23H,6-7,9H2,1-2H3,(H,22,26)(H,28,29). The van der Waals surface area contributed by atoms with Crippen molar-refractivity contribution in [3.63, 3.8) is 0 Å². The summed E-state index contributed by atoms with van der Waals surface area (Å²) in [7, 11) is -2.67. The van der Waals surface area contributed by atoms with Gasteiger partial charge in [0.2, 0.25) is 10.0 Å². The summed E-state index contributed by atoms with van der Waals surface area (Å²) in [4.78, 5) is 36.6. The Labute approximate surface area is 188 Å². The Morgan fingerprint density at radius 3 is 2.67 bits per heavy atom. The molecule has 0 saturated carbocycles. The van der Waals surface area contributed by atoms with Gasteiger partial charge in [-0.05, 0) is 30.7 Å². The lowest BCUT2D eigenvalue weighted by Crippen LogP contribution is -2.44. The average Bonchev–Trinajstić information content (AvgIpc) is 3.27. The molecule has 0 bridgehead atoms. The van der Waals surface area contributed by atoms with E-state index in [0.29, 0.717) is 11.3 Å². The number of aryl methyl sites for hydroxylation is 2. The second-order valence-electron chi connectivity index (χ2n) is 8.01. The number of carboxylic acid groups (broad SMARTS) is 1. The van der Waals surface area contributed by atoms with E-state index in [9.17, 15) is 27.2 Å². The van der Waals surface area contributed by atoms with Gasteiger partial charge in [-0.1, -0.05) is 0 Å². The summed E-state index contributed by atoms with van der Waals surface area (Å²) in [5.74, 6) is -4.54. The predicted octanol–water partition coefficient (Wildman–Crippen LogP) is 0.307. The van der Waals surface area contributed by atoms with Crippen LogP contribution >= 0.6 is 0 Å². The number of amides is 2. The molecule has 0 radical (unpaired) electrons. The van der Waals surface area contributed by atoms with Crippen LogP contribution in [0.5, 0.6) is 5.75 Å². The Bertz CT molecular complexity index is 1270. The van der Waals surface area contributed by atoms with E-state index >= 15 is 0 Å². The van der Waals surface area contributed by atoms with Crippen molar-refractivity contribution in [3.05, 3.63) is 41.5 Å². The summed E-state index contributed by atoms with van der Waals surface area (Å²) in [6, 6.07) is 3.28. The number of benzene rings is 1. The number of hydrogen-bond acceptors (Lipinski definition) is 6. The van der Waals surface area contributed by atoms with Gasteiger partial charge in [0.25, 0.3) is 5.91 Å². The quantitative estimate of drug-likeness (QED) is 0.524. The number of anilines is 1. The summed E-state index contributed by atoms with van der Waals surface area (Å²) in [6.07, 6.45) is 1.23. The van der Waals surface area contributed by atoms with Gasteiger partial charge >= 0.3 is 11.9 Å². The molecule has 33 heavy (non-hydrogen) atoms. The van der Waals surface area contributed by atoms with Crippen molar-refractivity contribution in [3.8, 4) is 5.75 Å². The zero-order valence-electron chi connectivity index (χ0n) is 17.7. The first kappa shape index (κ1) is 22.7. The highest BCUT2D eigenvalue weighted by atomic mass is 32.2. The topological polar surface area (TPSA) is 147 Å². The largest absolute Gasteiger partial charge is 0.489 e. The van der Waals surface area contributed by atoms with E-state index in [-0.39, 0.29) is 36.0 Å². The third-order valence-electron chi connectivity index (χ3n) is 5.68. The van der Waals surface area contributed by atoms with Crippen LogP contribution in [0.15, 0.2) is 29.3 Å². The van der Waals surface area contributed by atoms with Gasteiger partial charge in [-0.3, -0.25) is 9.59 Å². The van der Waals surface area contributed by atoms with E-state index in [1.807, 2.05) is 0 Å². The molecule has 1 aromatic carbocycles. The lowest BCUT2D eigenvalue weighted by molar-refractivity contribution is -0.155. The van der Waals surface area contributed by atoms with Gasteiger partial charge in [0.05, 0.1) is 6.61 Å². The van der Waals surface area contributed by atoms with E-state index in [2.05, 4.69) is 10.0 Å². The Hall–Kier alpha value is -3.45. The van der Waals surface area contributed by atoms with Crippen LogP contribution in [0.2, 0.25) is 0 Å². The van der Waals surface area contributed by atoms with Crippen molar-refractivity contribution in [2.45, 2.75) is 17.9 Å². The number of aliphatic carboxylic acids is 1. The summed E-state index contributed by atoms with van der Waals surface area (Å²) in [6.45, 7) is 1.36. The van der Waals surface area contributed by atoms with Crippen LogP contribution in [-0.2, 0) is 26.7 Å². The fraction of sp³-hybridized carbons (Fsp3) is 0.350. The molecule has 2 unspecified atom stereocenters. The number of rotatable bonds is 2. The summed E-state index contributed by atoms with van der Waals surface area (Å²) in [5, 5.41) is 11.6. The number of hydrogen-bond donors (Lipinski definition) is 3. The first-order valence-corrected chi connectivity index (χ1v) is 11.4. The fourth-order valence-electron chi connectivity index (χ4n) is 4.01. The average molecular weight is 480 g/mol. The molecule has 3 N–H and O–H groups in total. The van der Waals surface area contributed by atoms with Crippen LogP contribution in [0.3, 0.4) is 0 Å². The molecule has 11 nitrogen and oxygen atoms in total. The lowest BCUT2D eigenvalue weighted by atomic mass is 10.1. The molecule has 4 rings (SSSR count). The number of aromatic nitrogens is 1. The Kier molecular flexibility index (Phi) is 5.62. The Morgan fingerprint density at radius 1 is 1.27 bits per heavy atom. The van der Waals surface area contributed by atoms with Gasteiger partial charge in [-0.15, -0.1) is 0 Å². The number of carboxylic acids is 1. The molecule has 0 spiro atoms. The highest BCUT2D eigenvalue weighted by molar-refractivity contribution is 7.89. The number of nitrogens with zero attached hydrogens (tertiary/aromatic N) is 2. The van der Waals surface area contributed by atoms with Crippen LogP contribution in [0.25, 0.3) is 0 Å². The molecule has 13 heteroatoms. The van der Waals surface area contributed by atoms with Gasteiger partial charge in [-0.2, -0.15) is 0 Å². The predicted molar refractivity (Wildman–Crippen MR) is 112 cm³/mol. The minimum Gasteiger partial charge on any atom is -0.489 e. The number of ether oxygens (including phenoxy) is 1. The molecule has 2 aliphatic rings. The maximum atomic E-state index is 13.5. The van der Waals surface area contributed by atoms with Crippen molar-refractivity contribution in [1.29, 1.82) is 0 Å². The number of nitrogens with one attached hydrogen (secondary N) is 2. The van der Waals surface area contributed by atoms with Crippen molar-refractivity contribution >= 4 is 33.5 Å². The van der Waals surface area contributed by atoms with Crippen molar-refractivity contribution in [2.75, 3.05) is 25.0 Å². The second kappa shape index (κ2) is 8.15. The van der Waals surface area contributed by atoms with Crippen LogP contribution in [-0.4, -0.2) is 66.5 Å². The molecule has 1 saturated heterocycles. The van der Waals surface area contributed by atoms with E-state index < -0.39 is 45.6 Å².